The van der Waals surface area contributed by atoms with Crippen molar-refractivity contribution in [1.82, 2.24) is 20.9 Å². The second-order valence-corrected chi connectivity index (χ2v) is 7.48. The number of nitrogens with zero attached hydrogens (tertiary/aromatic N) is 1. The molecule has 3 atom stereocenters. The van der Waals surface area contributed by atoms with Gasteiger partial charge >= 0.3 is 0 Å². The lowest BCUT2D eigenvalue weighted by molar-refractivity contribution is -0.136. The first-order chi connectivity index (χ1) is 13.1. The minimum Gasteiger partial charge on any atom is -0.396 e. The third kappa shape index (κ3) is 3.47. The molecule has 0 saturated carbocycles. The molecule has 1 aromatic carbocycles. The predicted octanol–water partition coefficient (Wildman–Crippen LogP) is -0.882. The Bertz CT molecular complexity index is 781. The van der Waals surface area contributed by atoms with Gasteiger partial charge in [0.25, 0.3) is 5.91 Å². The monoisotopic (exact) mass is 372 g/mol. The second kappa shape index (κ2) is 7.38. The third-order valence-corrected chi connectivity index (χ3v) is 5.74. The zero-order chi connectivity index (χ0) is 19.0. The largest absolute Gasteiger partial charge is 0.396 e. The van der Waals surface area contributed by atoms with Gasteiger partial charge in [0.15, 0.2) is 0 Å². The molecular weight excluding hydrogens is 348 g/mol. The third-order valence-electron chi connectivity index (χ3n) is 5.74. The zero-order valence-electron chi connectivity index (χ0n) is 15.0. The van der Waals surface area contributed by atoms with E-state index in [0.717, 1.165) is 24.2 Å². The predicted molar refractivity (Wildman–Crippen MR) is 96.6 cm³/mol. The van der Waals surface area contributed by atoms with Crippen molar-refractivity contribution in [3.8, 4) is 0 Å². The molecule has 27 heavy (non-hydrogen) atoms. The number of fused-ring (bicyclic) bond motifs is 1. The zero-order valence-corrected chi connectivity index (χ0v) is 15.0. The molecule has 0 radical (unpaired) electrons. The lowest BCUT2D eigenvalue weighted by atomic mass is 10.0. The Hall–Kier alpha value is -2.29. The van der Waals surface area contributed by atoms with Crippen molar-refractivity contribution in [2.75, 3.05) is 19.7 Å². The van der Waals surface area contributed by atoms with E-state index in [4.69, 9.17) is 0 Å². The number of hydrogen-bond donors (Lipinski definition) is 4. The smallest absolute Gasteiger partial charge is 0.255 e. The number of carbonyl (C=O) groups excluding carboxylic acids is 3. The van der Waals surface area contributed by atoms with Gasteiger partial charge in [-0.25, -0.2) is 0 Å². The standard InChI is InChI=1S/C19H24N4O4/c24-10-13-7-20-8-15(13)21-6-11-1-2-12-9-23(19(27)14(12)5-11)16-3-4-17(25)22-18(16)26/h1-2,5,13,15-16,20-21,24H,3-4,6-10H2,(H,22,25,26). The van der Waals surface area contributed by atoms with Gasteiger partial charge < -0.3 is 20.6 Å². The summed E-state index contributed by atoms with van der Waals surface area (Å²) in [5.74, 6) is -0.629. The molecule has 8 nitrogen and oxygen atoms in total. The van der Waals surface area contributed by atoms with Crippen molar-refractivity contribution >= 4 is 17.7 Å². The molecule has 3 unspecified atom stereocenters. The van der Waals surface area contributed by atoms with Crippen LogP contribution >= 0.6 is 0 Å². The van der Waals surface area contributed by atoms with E-state index >= 15 is 0 Å². The fraction of sp³-hybridized carbons (Fsp3) is 0.526. The summed E-state index contributed by atoms with van der Waals surface area (Å²) in [4.78, 5) is 37.8. The summed E-state index contributed by atoms with van der Waals surface area (Å²) in [6.07, 6.45) is 0.628. The topological polar surface area (TPSA) is 111 Å². The Labute approximate surface area is 157 Å². The van der Waals surface area contributed by atoms with Gasteiger partial charge in [0.1, 0.15) is 6.04 Å². The number of aliphatic hydroxyl groups excluding tert-OH is 1. The maximum absolute atomic E-state index is 12.8. The summed E-state index contributed by atoms with van der Waals surface area (Å²) in [5.41, 5.74) is 2.53. The van der Waals surface area contributed by atoms with Gasteiger partial charge in [0, 0.05) is 56.7 Å². The van der Waals surface area contributed by atoms with Crippen LogP contribution in [-0.2, 0) is 22.7 Å². The Morgan fingerprint density at radius 2 is 2.07 bits per heavy atom. The van der Waals surface area contributed by atoms with Crippen LogP contribution < -0.4 is 16.0 Å². The lowest BCUT2D eigenvalue weighted by Gasteiger charge is -2.29. The maximum Gasteiger partial charge on any atom is 0.255 e. The molecule has 3 amide bonds. The van der Waals surface area contributed by atoms with Crippen LogP contribution in [0.5, 0.6) is 0 Å². The molecule has 0 aliphatic carbocycles. The molecule has 4 N–H and O–H groups in total. The van der Waals surface area contributed by atoms with E-state index in [9.17, 15) is 19.5 Å². The number of rotatable bonds is 5. The van der Waals surface area contributed by atoms with Crippen LogP contribution in [0.4, 0.5) is 0 Å². The summed E-state index contributed by atoms with van der Waals surface area (Å²) in [5, 5.41) is 18.4. The number of piperidine rings is 1. The number of aliphatic hydroxyl groups is 1. The number of amides is 3. The molecule has 2 fully saturated rings. The minimum absolute atomic E-state index is 0.147. The number of benzene rings is 1. The molecule has 1 aromatic rings. The van der Waals surface area contributed by atoms with Gasteiger partial charge in [-0.15, -0.1) is 0 Å². The van der Waals surface area contributed by atoms with Gasteiger partial charge in [-0.3, -0.25) is 19.7 Å². The van der Waals surface area contributed by atoms with E-state index in [2.05, 4.69) is 16.0 Å². The first-order valence-electron chi connectivity index (χ1n) is 9.38. The van der Waals surface area contributed by atoms with Crippen LogP contribution in [0.2, 0.25) is 0 Å². The molecule has 0 spiro atoms. The molecule has 0 bridgehead atoms. The Morgan fingerprint density at radius 3 is 2.85 bits per heavy atom. The molecule has 3 aliphatic rings. The molecular formula is C19H24N4O4. The van der Waals surface area contributed by atoms with E-state index < -0.39 is 11.9 Å². The van der Waals surface area contributed by atoms with Crippen molar-refractivity contribution < 1.29 is 19.5 Å². The lowest BCUT2D eigenvalue weighted by Crippen LogP contribution is -2.52. The molecule has 4 rings (SSSR count). The van der Waals surface area contributed by atoms with Gasteiger partial charge in [-0.1, -0.05) is 12.1 Å². The number of nitrogens with one attached hydrogen (secondary N) is 3. The van der Waals surface area contributed by atoms with Crippen molar-refractivity contribution in [3.05, 3.63) is 34.9 Å². The maximum atomic E-state index is 12.8. The Morgan fingerprint density at radius 1 is 1.22 bits per heavy atom. The van der Waals surface area contributed by atoms with Crippen LogP contribution in [-0.4, -0.2) is 59.5 Å². The molecule has 144 valence electrons. The second-order valence-electron chi connectivity index (χ2n) is 7.48. The van der Waals surface area contributed by atoms with Crippen LogP contribution in [0.1, 0.15) is 34.3 Å². The number of imide groups is 1. The van der Waals surface area contributed by atoms with E-state index in [0.29, 0.717) is 25.1 Å². The highest BCUT2D eigenvalue weighted by atomic mass is 16.3. The first kappa shape index (κ1) is 18.1. The normalized spacial score (nSPS) is 27.8. The van der Waals surface area contributed by atoms with Gasteiger partial charge in [0.2, 0.25) is 11.8 Å². The quantitative estimate of drug-likeness (QED) is 0.500. The molecule has 8 heteroatoms. The van der Waals surface area contributed by atoms with Gasteiger partial charge in [0.05, 0.1) is 0 Å². The molecule has 3 heterocycles. The Balaban J connectivity index is 1.43. The average Bonchev–Trinajstić information content (AvgIpc) is 3.24. The van der Waals surface area contributed by atoms with Crippen LogP contribution in [0.3, 0.4) is 0 Å². The molecule has 0 aromatic heterocycles. The molecule has 2 saturated heterocycles. The fourth-order valence-electron chi connectivity index (χ4n) is 4.12. The van der Waals surface area contributed by atoms with Crippen molar-refractivity contribution in [2.45, 2.75) is 38.0 Å². The van der Waals surface area contributed by atoms with Crippen molar-refractivity contribution in [1.29, 1.82) is 0 Å². The number of hydrogen-bond acceptors (Lipinski definition) is 6. The highest BCUT2D eigenvalue weighted by Crippen LogP contribution is 2.28. The van der Waals surface area contributed by atoms with Crippen LogP contribution in [0, 0.1) is 5.92 Å². The highest BCUT2D eigenvalue weighted by Gasteiger charge is 2.39. The summed E-state index contributed by atoms with van der Waals surface area (Å²) in [7, 11) is 0. The van der Waals surface area contributed by atoms with E-state index in [1.165, 1.54) is 0 Å². The Kier molecular flexibility index (Phi) is 4.94. The number of carbonyl (C=O) groups is 3. The van der Waals surface area contributed by atoms with Gasteiger partial charge in [-0.05, 0) is 23.6 Å². The summed E-state index contributed by atoms with van der Waals surface area (Å²) < 4.78 is 0. The fourth-order valence-corrected chi connectivity index (χ4v) is 4.12. The van der Waals surface area contributed by atoms with Crippen molar-refractivity contribution in [3.63, 3.8) is 0 Å². The first-order valence-corrected chi connectivity index (χ1v) is 9.38. The SMILES string of the molecule is O=C1CCC(N2Cc3ccc(CNC4CNCC4CO)cc3C2=O)C(=O)N1. The average molecular weight is 372 g/mol. The minimum atomic E-state index is -0.584. The highest BCUT2D eigenvalue weighted by molar-refractivity contribution is 6.05. The van der Waals surface area contributed by atoms with Gasteiger partial charge in [-0.2, -0.15) is 0 Å². The summed E-state index contributed by atoms with van der Waals surface area (Å²) in [6, 6.07) is 5.43. The van der Waals surface area contributed by atoms with Crippen molar-refractivity contribution in [2.24, 2.45) is 5.92 Å². The van der Waals surface area contributed by atoms with E-state index in [1.807, 2.05) is 18.2 Å². The summed E-state index contributed by atoms with van der Waals surface area (Å²) in [6.45, 7) is 2.78. The molecule has 3 aliphatic heterocycles. The van der Waals surface area contributed by atoms with Crippen LogP contribution in [0.25, 0.3) is 0 Å². The van der Waals surface area contributed by atoms with Crippen LogP contribution in [0.15, 0.2) is 18.2 Å². The van der Waals surface area contributed by atoms with E-state index in [1.54, 1.807) is 4.90 Å². The van der Waals surface area contributed by atoms with E-state index in [-0.39, 0.29) is 36.8 Å². The summed E-state index contributed by atoms with van der Waals surface area (Å²) >= 11 is 0.